The van der Waals surface area contributed by atoms with Crippen LogP contribution in [0.5, 0.6) is 0 Å². The summed E-state index contributed by atoms with van der Waals surface area (Å²) < 4.78 is 0. The van der Waals surface area contributed by atoms with Gasteiger partial charge in [0.2, 0.25) is 0 Å². The Balaban J connectivity index is 1.96. The topological polar surface area (TPSA) is 41.6 Å². The maximum atomic E-state index is 3.96. The molecule has 3 nitrogen and oxygen atoms in total. The van der Waals surface area contributed by atoms with Crippen molar-refractivity contribution in [3.63, 3.8) is 0 Å². The van der Waals surface area contributed by atoms with E-state index in [0.29, 0.717) is 0 Å². The van der Waals surface area contributed by atoms with Crippen molar-refractivity contribution >= 4 is 6.08 Å². The van der Waals surface area contributed by atoms with Crippen LogP contribution in [0.15, 0.2) is 42.6 Å². The molecule has 0 aliphatic heterocycles. The Morgan fingerprint density at radius 1 is 1.21 bits per heavy atom. The van der Waals surface area contributed by atoms with Crippen molar-refractivity contribution in [3.8, 4) is 0 Å². The predicted octanol–water partition coefficient (Wildman–Crippen LogP) is 2.06. The highest BCUT2D eigenvalue weighted by Crippen LogP contribution is 2.02. The van der Waals surface area contributed by atoms with Gasteiger partial charge in [0.25, 0.3) is 0 Å². The molecule has 1 aromatic carbocycles. The van der Waals surface area contributed by atoms with Crippen molar-refractivity contribution in [2.45, 2.75) is 6.42 Å². The van der Waals surface area contributed by atoms with E-state index in [1.165, 1.54) is 5.56 Å². The molecule has 1 aromatic heterocycles. The summed E-state index contributed by atoms with van der Waals surface area (Å²) in [5, 5.41) is 10.3. The van der Waals surface area contributed by atoms with E-state index in [0.717, 1.165) is 12.1 Å². The van der Waals surface area contributed by atoms with E-state index < -0.39 is 0 Å². The monoisotopic (exact) mass is 185 g/mol. The number of hydrogen-bond donors (Lipinski definition) is 1. The summed E-state index contributed by atoms with van der Waals surface area (Å²) in [7, 11) is 0. The number of benzene rings is 1. The molecule has 0 radical (unpaired) electrons. The second-order valence-electron chi connectivity index (χ2n) is 2.98. The van der Waals surface area contributed by atoms with Gasteiger partial charge in [0.15, 0.2) is 0 Å². The number of aromatic nitrogens is 3. The van der Waals surface area contributed by atoms with Gasteiger partial charge in [-0.25, -0.2) is 0 Å². The Kier molecular flexibility index (Phi) is 2.71. The Labute approximate surface area is 82.5 Å². The fourth-order valence-electron chi connectivity index (χ4n) is 1.20. The molecule has 70 valence electrons. The molecule has 0 amide bonds. The van der Waals surface area contributed by atoms with Gasteiger partial charge < -0.3 is 0 Å². The summed E-state index contributed by atoms with van der Waals surface area (Å²) >= 11 is 0. The Bertz CT molecular complexity index is 390. The summed E-state index contributed by atoms with van der Waals surface area (Å²) in [6, 6.07) is 10.2. The van der Waals surface area contributed by atoms with Crippen LogP contribution in [0, 0.1) is 0 Å². The second-order valence-corrected chi connectivity index (χ2v) is 2.98. The SMILES string of the molecule is C(=Cc1ccccc1)Cc1cn[nH]n1. The number of rotatable bonds is 3. The molecule has 0 unspecified atom stereocenters. The van der Waals surface area contributed by atoms with Gasteiger partial charge in [-0.05, 0) is 5.56 Å². The van der Waals surface area contributed by atoms with Crippen LogP contribution in [-0.2, 0) is 6.42 Å². The van der Waals surface area contributed by atoms with E-state index in [1.54, 1.807) is 6.20 Å². The lowest BCUT2D eigenvalue weighted by molar-refractivity contribution is 0.919. The van der Waals surface area contributed by atoms with E-state index in [2.05, 4.69) is 39.7 Å². The molecular weight excluding hydrogens is 174 g/mol. The zero-order valence-corrected chi connectivity index (χ0v) is 7.72. The molecule has 0 spiro atoms. The van der Waals surface area contributed by atoms with E-state index in [1.807, 2.05) is 18.2 Å². The molecule has 0 atom stereocenters. The lowest BCUT2D eigenvalue weighted by atomic mass is 10.2. The van der Waals surface area contributed by atoms with Gasteiger partial charge in [-0.3, -0.25) is 0 Å². The standard InChI is InChI=1S/C11H11N3/c1-2-5-10(6-3-1)7-4-8-11-9-12-14-13-11/h1-7,9H,8H2,(H,12,13,14). The fraction of sp³-hybridized carbons (Fsp3) is 0.0909. The minimum Gasteiger partial charge on any atom is -0.198 e. The zero-order chi connectivity index (χ0) is 9.64. The molecule has 2 aromatic rings. The van der Waals surface area contributed by atoms with E-state index in [9.17, 15) is 0 Å². The molecule has 0 saturated carbocycles. The number of nitrogens with one attached hydrogen (secondary N) is 1. The van der Waals surface area contributed by atoms with Crippen LogP contribution in [0.2, 0.25) is 0 Å². The molecule has 0 aliphatic carbocycles. The maximum Gasteiger partial charge on any atom is 0.0862 e. The van der Waals surface area contributed by atoms with Crippen LogP contribution in [0.4, 0.5) is 0 Å². The molecule has 2 rings (SSSR count). The molecule has 1 N–H and O–H groups in total. The molecular formula is C11H11N3. The van der Waals surface area contributed by atoms with Gasteiger partial charge >= 0.3 is 0 Å². The number of nitrogens with zero attached hydrogens (tertiary/aromatic N) is 2. The molecule has 0 fully saturated rings. The Morgan fingerprint density at radius 3 is 2.79 bits per heavy atom. The molecule has 0 bridgehead atoms. The van der Waals surface area contributed by atoms with Crippen LogP contribution in [0.25, 0.3) is 6.08 Å². The maximum absolute atomic E-state index is 3.96. The minimum atomic E-state index is 0.811. The first kappa shape index (κ1) is 8.69. The fourth-order valence-corrected chi connectivity index (χ4v) is 1.20. The summed E-state index contributed by atoms with van der Waals surface area (Å²) in [6.45, 7) is 0. The number of allylic oxidation sites excluding steroid dienone is 1. The number of H-pyrrole nitrogens is 1. The normalized spacial score (nSPS) is 10.9. The summed E-state index contributed by atoms with van der Waals surface area (Å²) in [5.41, 5.74) is 2.16. The van der Waals surface area contributed by atoms with Gasteiger partial charge in [-0.15, -0.1) is 0 Å². The minimum absolute atomic E-state index is 0.811. The van der Waals surface area contributed by atoms with Crippen molar-refractivity contribution in [1.29, 1.82) is 0 Å². The number of hydrogen-bond acceptors (Lipinski definition) is 2. The van der Waals surface area contributed by atoms with Crippen molar-refractivity contribution in [2.24, 2.45) is 0 Å². The third-order valence-electron chi connectivity index (χ3n) is 1.90. The predicted molar refractivity (Wildman–Crippen MR) is 55.6 cm³/mol. The Morgan fingerprint density at radius 2 is 2.07 bits per heavy atom. The smallest absolute Gasteiger partial charge is 0.0862 e. The highest BCUT2D eigenvalue weighted by Gasteiger charge is 1.90. The summed E-state index contributed by atoms with van der Waals surface area (Å²) in [6.07, 6.45) is 6.70. The highest BCUT2D eigenvalue weighted by atomic mass is 15.3. The van der Waals surface area contributed by atoms with Gasteiger partial charge in [-0.1, -0.05) is 42.5 Å². The van der Waals surface area contributed by atoms with E-state index in [4.69, 9.17) is 0 Å². The van der Waals surface area contributed by atoms with Crippen molar-refractivity contribution < 1.29 is 0 Å². The first-order chi connectivity index (χ1) is 6.95. The van der Waals surface area contributed by atoms with E-state index >= 15 is 0 Å². The average Bonchev–Trinajstić information content (AvgIpc) is 2.72. The average molecular weight is 185 g/mol. The molecule has 1 heterocycles. The molecule has 0 aliphatic rings. The van der Waals surface area contributed by atoms with Crippen molar-refractivity contribution in [1.82, 2.24) is 15.4 Å². The quantitative estimate of drug-likeness (QED) is 0.795. The third kappa shape index (κ3) is 2.29. The van der Waals surface area contributed by atoms with Crippen LogP contribution in [0.1, 0.15) is 11.3 Å². The van der Waals surface area contributed by atoms with Gasteiger partial charge in [0.1, 0.15) is 0 Å². The first-order valence-corrected chi connectivity index (χ1v) is 4.51. The van der Waals surface area contributed by atoms with Crippen LogP contribution >= 0.6 is 0 Å². The van der Waals surface area contributed by atoms with Gasteiger partial charge in [-0.2, -0.15) is 15.4 Å². The van der Waals surface area contributed by atoms with E-state index in [-0.39, 0.29) is 0 Å². The van der Waals surface area contributed by atoms with Gasteiger partial charge in [0, 0.05) is 6.42 Å². The van der Waals surface area contributed by atoms with Crippen LogP contribution in [-0.4, -0.2) is 15.4 Å². The molecule has 0 saturated heterocycles. The number of aromatic amines is 1. The largest absolute Gasteiger partial charge is 0.198 e. The summed E-state index contributed by atoms with van der Waals surface area (Å²) in [4.78, 5) is 0. The lowest BCUT2D eigenvalue weighted by Gasteiger charge is -1.90. The third-order valence-corrected chi connectivity index (χ3v) is 1.90. The zero-order valence-electron chi connectivity index (χ0n) is 7.72. The second kappa shape index (κ2) is 4.37. The van der Waals surface area contributed by atoms with Crippen molar-refractivity contribution in [2.75, 3.05) is 0 Å². The highest BCUT2D eigenvalue weighted by molar-refractivity contribution is 5.48. The summed E-state index contributed by atoms with van der Waals surface area (Å²) in [5.74, 6) is 0. The van der Waals surface area contributed by atoms with Crippen LogP contribution < -0.4 is 0 Å². The lowest BCUT2D eigenvalue weighted by Crippen LogP contribution is -1.80. The first-order valence-electron chi connectivity index (χ1n) is 4.51. The van der Waals surface area contributed by atoms with Crippen LogP contribution in [0.3, 0.4) is 0 Å². The molecule has 14 heavy (non-hydrogen) atoms. The Hall–Kier alpha value is -1.90. The van der Waals surface area contributed by atoms with Crippen molar-refractivity contribution in [3.05, 3.63) is 53.9 Å². The van der Waals surface area contributed by atoms with Gasteiger partial charge in [0.05, 0.1) is 11.9 Å². The molecule has 3 heteroatoms.